The van der Waals surface area contributed by atoms with Crippen LogP contribution < -0.4 is 5.32 Å². The molecule has 4 aliphatic rings. The van der Waals surface area contributed by atoms with Crippen LogP contribution in [0.2, 0.25) is 0 Å². The molecule has 4 nitrogen and oxygen atoms in total. The Morgan fingerprint density at radius 3 is 2.80 bits per heavy atom. The SMILES string of the molecule is O=C(NC[C@@H]1C[C@@H]2C=C[C@@H]1C21CC1)C1CCN(Cc2ccco2)CC1. The lowest BCUT2D eigenvalue weighted by Crippen LogP contribution is -2.41. The molecule has 3 fully saturated rings. The molecule has 0 aromatic carbocycles. The normalized spacial score (nSPS) is 33.2. The number of carbonyl (C=O) groups is 1. The molecule has 1 amide bonds. The molecule has 5 rings (SSSR count). The summed E-state index contributed by atoms with van der Waals surface area (Å²) < 4.78 is 5.43. The lowest BCUT2D eigenvalue weighted by Gasteiger charge is -2.31. The molecule has 3 atom stereocenters. The Morgan fingerprint density at radius 1 is 1.28 bits per heavy atom. The molecule has 1 saturated heterocycles. The largest absolute Gasteiger partial charge is 0.468 e. The van der Waals surface area contributed by atoms with Crippen molar-refractivity contribution in [3.8, 4) is 0 Å². The van der Waals surface area contributed by atoms with E-state index in [0.29, 0.717) is 11.3 Å². The molecule has 134 valence electrons. The molecular weight excluding hydrogens is 312 g/mol. The van der Waals surface area contributed by atoms with E-state index in [0.717, 1.165) is 56.6 Å². The number of likely N-dealkylation sites (tertiary alicyclic amines) is 1. The number of furan rings is 1. The summed E-state index contributed by atoms with van der Waals surface area (Å²) in [5, 5.41) is 3.30. The predicted molar refractivity (Wildman–Crippen MR) is 95.6 cm³/mol. The first kappa shape index (κ1) is 15.7. The average molecular weight is 340 g/mol. The van der Waals surface area contributed by atoms with Gasteiger partial charge in [0.05, 0.1) is 12.8 Å². The molecule has 1 aromatic heterocycles. The van der Waals surface area contributed by atoms with Gasteiger partial charge in [-0.3, -0.25) is 9.69 Å². The Hall–Kier alpha value is -1.55. The van der Waals surface area contributed by atoms with Crippen LogP contribution >= 0.6 is 0 Å². The lowest BCUT2D eigenvalue weighted by molar-refractivity contribution is -0.126. The van der Waals surface area contributed by atoms with E-state index in [1.165, 1.54) is 19.3 Å². The van der Waals surface area contributed by atoms with Crippen molar-refractivity contribution >= 4 is 5.91 Å². The van der Waals surface area contributed by atoms with Gasteiger partial charge in [-0.15, -0.1) is 0 Å². The summed E-state index contributed by atoms with van der Waals surface area (Å²) in [7, 11) is 0. The van der Waals surface area contributed by atoms with Crippen molar-refractivity contribution in [3.63, 3.8) is 0 Å². The second kappa shape index (κ2) is 6.01. The Labute approximate surface area is 149 Å². The number of allylic oxidation sites excluding steroid dienone is 2. The molecule has 2 bridgehead atoms. The zero-order valence-corrected chi connectivity index (χ0v) is 14.8. The van der Waals surface area contributed by atoms with Crippen molar-refractivity contribution in [2.75, 3.05) is 19.6 Å². The minimum Gasteiger partial charge on any atom is -0.468 e. The number of nitrogens with one attached hydrogen (secondary N) is 1. The highest BCUT2D eigenvalue weighted by Gasteiger charge is 2.62. The molecule has 1 N–H and O–H groups in total. The first-order valence-corrected chi connectivity index (χ1v) is 9.95. The number of hydrogen-bond acceptors (Lipinski definition) is 3. The Morgan fingerprint density at radius 2 is 2.12 bits per heavy atom. The van der Waals surface area contributed by atoms with Crippen LogP contribution in [0, 0.1) is 29.1 Å². The summed E-state index contributed by atoms with van der Waals surface area (Å²) in [6.07, 6.45) is 12.7. The number of carbonyl (C=O) groups excluding carboxylic acids is 1. The monoisotopic (exact) mass is 340 g/mol. The number of amides is 1. The van der Waals surface area contributed by atoms with Crippen molar-refractivity contribution in [2.45, 2.75) is 38.6 Å². The van der Waals surface area contributed by atoms with Crippen molar-refractivity contribution in [1.82, 2.24) is 10.2 Å². The summed E-state index contributed by atoms with van der Waals surface area (Å²) in [6.45, 7) is 3.72. The van der Waals surface area contributed by atoms with Gasteiger partial charge in [0.25, 0.3) is 0 Å². The van der Waals surface area contributed by atoms with Gasteiger partial charge in [0.15, 0.2) is 0 Å². The van der Waals surface area contributed by atoms with E-state index < -0.39 is 0 Å². The van der Waals surface area contributed by atoms with E-state index in [2.05, 4.69) is 22.4 Å². The summed E-state index contributed by atoms with van der Waals surface area (Å²) in [5.74, 6) is 3.73. The molecule has 0 radical (unpaired) electrons. The summed E-state index contributed by atoms with van der Waals surface area (Å²) >= 11 is 0. The van der Waals surface area contributed by atoms with E-state index in [4.69, 9.17) is 4.42 Å². The fourth-order valence-corrected chi connectivity index (χ4v) is 5.71. The summed E-state index contributed by atoms with van der Waals surface area (Å²) in [4.78, 5) is 15.0. The molecule has 4 heteroatoms. The van der Waals surface area contributed by atoms with Crippen molar-refractivity contribution in [3.05, 3.63) is 36.3 Å². The van der Waals surface area contributed by atoms with E-state index in [-0.39, 0.29) is 11.8 Å². The number of rotatable bonds is 5. The van der Waals surface area contributed by atoms with Crippen LogP contribution in [0.3, 0.4) is 0 Å². The molecule has 2 saturated carbocycles. The Kier molecular flexibility index (Phi) is 3.77. The number of hydrogen-bond donors (Lipinski definition) is 1. The fourth-order valence-electron chi connectivity index (χ4n) is 5.71. The third-order valence-corrected chi connectivity index (χ3v) is 7.30. The van der Waals surface area contributed by atoms with Crippen LogP contribution in [-0.4, -0.2) is 30.4 Å². The topological polar surface area (TPSA) is 45.5 Å². The van der Waals surface area contributed by atoms with Crippen LogP contribution in [0.5, 0.6) is 0 Å². The summed E-state index contributed by atoms with van der Waals surface area (Å²) in [6, 6.07) is 3.96. The average Bonchev–Trinajstić information content (AvgIpc) is 3.00. The molecule has 1 aromatic rings. The third kappa shape index (κ3) is 2.75. The minimum atomic E-state index is 0.192. The zero-order chi connectivity index (χ0) is 16.9. The highest BCUT2D eigenvalue weighted by molar-refractivity contribution is 5.78. The van der Waals surface area contributed by atoms with Crippen LogP contribution in [-0.2, 0) is 11.3 Å². The molecular formula is C21H28N2O2. The molecule has 0 unspecified atom stereocenters. The molecule has 25 heavy (non-hydrogen) atoms. The first-order valence-electron chi connectivity index (χ1n) is 9.95. The van der Waals surface area contributed by atoms with Gasteiger partial charge in [-0.25, -0.2) is 0 Å². The first-order chi connectivity index (χ1) is 12.2. The van der Waals surface area contributed by atoms with E-state index in [9.17, 15) is 4.79 Å². The van der Waals surface area contributed by atoms with Gasteiger partial charge in [0.2, 0.25) is 5.91 Å². The van der Waals surface area contributed by atoms with Gasteiger partial charge in [-0.05, 0) is 80.5 Å². The smallest absolute Gasteiger partial charge is 0.223 e. The maximum Gasteiger partial charge on any atom is 0.223 e. The Bertz CT molecular complexity index is 653. The highest BCUT2D eigenvalue weighted by atomic mass is 16.3. The standard InChI is InChI=1S/C21H28N2O2/c24-20(15-5-9-23(10-6-15)14-18-2-1-11-25-18)22-13-16-12-17-3-4-19(16)21(17)7-8-21/h1-4,11,15-17,19H,5-10,12-14H2,(H,22,24)/t16-,17-,19-/m0/s1. The highest BCUT2D eigenvalue weighted by Crippen LogP contribution is 2.69. The number of nitrogens with zero attached hydrogens (tertiary/aromatic N) is 1. The van der Waals surface area contributed by atoms with E-state index >= 15 is 0 Å². The van der Waals surface area contributed by atoms with E-state index in [1.54, 1.807) is 6.26 Å². The van der Waals surface area contributed by atoms with Gasteiger partial charge in [0, 0.05) is 12.5 Å². The van der Waals surface area contributed by atoms with Crippen molar-refractivity contribution in [2.24, 2.45) is 29.1 Å². The lowest BCUT2D eigenvalue weighted by atomic mass is 9.88. The quantitative estimate of drug-likeness (QED) is 0.837. The van der Waals surface area contributed by atoms with Crippen LogP contribution in [0.1, 0.15) is 37.9 Å². The minimum absolute atomic E-state index is 0.192. The van der Waals surface area contributed by atoms with Gasteiger partial charge in [-0.1, -0.05) is 12.2 Å². The number of piperidine rings is 1. The summed E-state index contributed by atoms with van der Waals surface area (Å²) in [5.41, 5.74) is 0.632. The molecule has 2 heterocycles. The Balaban J connectivity index is 1.08. The van der Waals surface area contributed by atoms with Crippen LogP contribution in [0.15, 0.2) is 35.0 Å². The van der Waals surface area contributed by atoms with Crippen molar-refractivity contribution < 1.29 is 9.21 Å². The van der Waals surface area contributed by atoms with Crippen LogP contribution in [0.25, 0.3) is 0 Å². The van der Waals surface area contributed by atoms with Gasteiger partial charge in [-0.2, -0.15) is 0 Å². The van der Waals surface area contributed by atoms with Crippen LogP contribution in [0.4, 0.5) is 0 Å². The van der Waals surface area contributed by atoms with Gasteiger partial charge >= 0.3 is 0 Å². The van der Waals surface area contributed by atoms with E-state index in [1.807, 2.05) is 12.1 Å². The second-order valence-corrected chi connectivity index (χ2v) is 8.62. The predicted octanol–water partition coefficient (Wildman–Crippen LogP) is 3.21. The van der Waals surface area contributed by atoms with Gasteiger partial charge < -0.3 is 9.73 Å². The third-order valence-electron chi connectivity index (χ3n) is 7.30. The fraction of sp³-hybridized carbons (Fsp3) is 0.667. The molecule has 1 aliphatic heterocycles. The van der Waals surface area contributed by atoms with Crippen molar-refractivity contribution in [1.29, 1.82) is 0 Å². The molecule has 3 aliphatic carbocycles. The maximum atomic E-state index is 12.6. The zero-order valence-electron chi connectivity index (χ0n) is 14.8. The second-order valence-electron chi connectivity index (χ2n) is 8.62. The molecule has 1 spiro atoms. The van der Waals surface area contributed by atoms with Gasteiger partial charge in [0.1, 0.15) is 5.76 Å². The maximum absolute atomic E-state index is 12.6.